The second kappa shape index (κ2) is 16.0. The predicted octanol–water partition coefficient (Wildman–Crippen LogP) is -2.87. The maximum Gasteiger partial charge on any atom is 0.141 e. The van der Waals surface area contributed by atoms with Crippen LogP contribution in [0.2, 0.25) is 0 Å². The van der Waals surface area contributed by atoms with E-state index in [9.17, 15) is 0 Å². The highest BCUT2D eigenvalue weighted by atomic mass is 15.0. The van der Waals surface area contributed by atoms with Crippen molar-refractivity contribution in [1.82, 2.24) is 9.13 Å². The molecule has 2 nitrogen and oxygen atoms in total. The molecule has 0 saturated carbocycles. The van der Waals surface area contributed by atoms with Crippen LogP contribution in [0.25, 0.3) is 99.5 Å². The third kappa shape index (κ3) is 6.17. The van der Waals surface area contributed by atoms with Crippen LogP contribution in [0.5, 0.6) is 0 Å². The van der Waals surface area contributed by atoms with Crippen LogP contribution in [-0.4, -0.2) is 87.6 Å². The molecule has 302 valence electrons. The van der Waals surface area contributed by atoms with E-state index < -0.39 is 0 Å². The van der Waals surface area contributed by atoms with Crippen molar-refractivity contribution in [2.45, 2.75) is 0 Å². The normalized spacial score (nSPS) is 11.6. The van der Waals surface area contributed by atoms with Crippen molar-refractivity contribution >= 4 is 177 Å². The minimum absolute atomic E-state index is 1.17. The van der Waals surface area contributed by atoms with Gasteiger partial charge in [-0.2, -0.15) is 0 Å². The van der Waals surface area contributed by atoms with Crippen molar-refractivity contribution in [1.29, 1.82) is 0 Å². The van der Waals surface area contributed by atoms with Gasteiger partial charge < -0.3 is 9.13 Å². The highest BCUT2D eigenvalue weighted by Crippen LogP contribution is 2.39. The van der Waals surface area contributed by atoms with Gasteiger partial charge in [0.1, 0.15) is 78.5 Å². The van der Waals surface area contributed by atoms with Gasteiger partial charge in [-0.25, -0.2) is 0 Å². The summed E-state index contributed by atoms with van der Waals surface area (Å²) < 4.78 is 5.15. The molecule has 0 unspecified atom stereocenters. The van der Waals surface area contributed by atoms with Gasteiger partial charge in [0.05, 0.1) is 5.52 Å². The monoisotopic (exact) mass is 832 g/mol. The third-order valence-corrected chi connectivity index (χ3v) is 15.4. The fourth-order valence-electron chi connectivity index (χ4n) is 11.6. The highest BCUT2D eigenvalue weighted by molar-refractivity contribution is 6.70. The van der Waals surface area contributed by atoms with Crippen LogP contribution in [0.4, 0.5) is 0 Å². The number of rotatable bonds is 6. The highest BCUT2D eigenvalue weighted by Gasteiger charge is 2.28. The van der Waals surface area contributed by atoms with E-state index in [1.807, 2.05) is 0 Å². The standard InChI is InChI=1S/C54H46B10N2/c55-42-37(38-43(56)40-41-46(59)47(60)48(61)51(64)54(41)66(53(40)50(63)45(38)58)33-22-11-20-31(26-33)28-15-6-2-7-16-28)44(57)49(62)52-39(42)36-34(29-17-8-3-9-18-29)23-12-24-35(36)65(52)32-21-10-19-30(25-32)27-13-4-1-5-14-27/h1-26H,55-64H2. The Morgan fingerprint density at radius 1 is 0.258 bits per heavy atom. The Balaban J connectivity index is 1.27. The predicted molar refractivity (Wildman–Crippen MR) is 319 cm³/mol. The first-order valence-electron chi connectivity index (χ1n) is 23.5. The SMILES string of the molecule is Bc1c(B)c(B)c2c(c1B)c1c(B)c(-c3c(B)c(B)c4c(c3B)c3c(-c5ccccc5)cccc3n4-c3cccc(-c4ccccc4)c3)c(B)c(B)c1n2-c1cccc(-c2ccccc2)c1. The first kappa shape index (κ1) is 41.9. The molecule has 0 spiro atoms. The lowest BCUT2D eigenvalue weighted by atomic mass is 9.62. The van der Waals surface area contributed by atoms with Crippen LogP contribution in [0.1, 0.15) is 0 Å². The molecule has 66 heavy (non-hydrogen) atoms. The molecule has 0 bridgehead atoms. The average Bonchev–Trinajstić information content (AvgIpc) is 3.91. The van der Waals surface area contributed by atoms with E-state index in [1.54, 1.807) is 0 Å². The molecule has 0 atom stereocenters. The Bertz CT molecular complexity index is 3810. The number of hydrogen-bond acceptors (Lipinski definition) is 0. The van der Waals surface area contributed by atoms with E-state index in [0.717, 1.165) is 0 Å². The lowest BCUT2D eigenvalue weighted by Gasteiger charge is -2.24. The quantitative estimate of drug-likeness (QED) is 0.160. The number of aromatic nitrogens is 2. The summed E-state index contributed by atoms with van der Waals surface area (Å²) in [6.45, 7) is 0. The molecule has 2 aromatic heterocycles. The molecule has 12 heteroatoms. The Morgan fingerprint density at radius 2 is 0.636 bits per heavy atom. The molecule has 0 saturated heterocycles. The minimum atomic E-state index is 1.17. The molecule has 11 rings (SSSR count). The fraction of sp³-hybridized carbons (Fsp3) is 0. The number of nitrogens with zero attached hydrogens (tertiary/aromatic N) is 2. The smallest absolute Gasteiger partial charge is 0.141 e. The van der Waals surface area contributed by atoms with E-state index >= 15 is 0 Å². The van der Waals surface area contributed by atoms with Crippen LogP contribution in [0.3, 0.4) is 0 Å². The van der Waals surface area contributed by atoms with Gasteiger partial charge in [-0.1, -0.05) is 177 Å². The summed E-state index contributed by atoms with van der Waals surface area (Å²) in [5, 5.41) is 5.35. The van der Waals surface area contributed by atoms with Gasteiger partial charge in [0.2, 0.25) is 0 Å². The summed E-state index contributed by atoms with van der Waals surface area (Å²) >= 11 is 0. The van der Waals surface area contributed by atoms with Crippen molar-refractivity contribution in [3.8, 4) is 55.9 Å². The maximum atomic E-state index is 2.60. The second-order valence-electron chi connectivity index (χ2n) is 18.7. The van der Waals surface area contributed by atoms with Gasteiger partial charge in [0, 0.05) is 44.1 Å². The fourth-order valence-corrected chi connectivity index (χ4v) is 11.6. The summed E-state index contributed by atoms with van der Waals surface area (Å²) in [5.74, 6) is 0. The lowest BCUT2D eigenvalue weighted by molar-refractivity contribution is 1.19. The van der Waals surface area contributed by atoms with Crippen LogP contribution in [0.15, 0.2) is 158 Å². The average molecular weight is 831 g/mol. The van der Waals surface area contributed by atoms with Crippen LogP contribution in [0, 0.1) is 0 Å². The van der Waals surface area contributed by atoms with Crippen molar-refractivity contribution in [2.75, 3.05) is 0 Å². The van der Waals surface area contributed by atoms with Crippen LogP contribution < -0.4 is 54.6 Å². The minimum Gasteiger partial charge on any atom is -0.310 e. The zero-order valence-electron chi connectivity index (χ0n) is 39.9. The summed E-state index contributed by atoms with van der Waals surface area (Å²) in [4.78, 5) is 0. The molecule has 0 radical (unpaired) electrons. The van der Waals surface area contributed by atoms with Gasteiger partial charge in [-0.3, -0.25) is 0 Å². The molecular weight excluding hydrogens is 785 g/mol. The Morgan fingerprint density at radius 3 is 1.15 bits per heavy atom. The summed E-state index contributed by atoms with van der Waals surface area (Å²) in [7, 11) is 23.6. The molecule has 0 aliphatic carbocycles. The van der Waals surface area contributed by atoms with E-state index in [2.05, 4.69) is 245 Å². The van der Waals surface area contributed by atoms with E-state index in [0.29, 0.717) is 0 Å². The van der Waals surface area contributed by atoms with Gasteiger partial charge in [0.15, 0.2) is 0 Å². The molecule has 0 aliphatic rings. The molecule has 2 heterocycles. The first-order chi connectivity index (χ1) is 32.0. The molecule has 11 aromatic rings. The maximum absolute atomic E-state index is 2.60. The van der Waals surface area contributed by atoms with E-state index in [1.165, 1.54) is 154 Å². The number of fused-ring (bicyclic) bond motifs is 6. The van der Waals surface area contributed by atoms with Gasteiger partial charge in [0.25, 0.3) is 0 Å². The molecular formula is C54H46B10N2. The largest absolute Gasteiger partial charge is 0.310 e. The van der Waals surface area contributed by atoms with Crippen molar-refractivity contribution in [3.63, 3.8) is 0 Å². The summed E-state index contributed by atoms with van der Waals surface area (Å²) in [6.07, 6.45) is 0. The van der Waals surface area contributed by atoms with E-state index in [4.69, 9.17) is 0 Å². The summed E-state index contributed by atoms with van der Waals surface area (Å²) in [6, 6.07) is 57.6. The lowest BCUT2D eigenvalue weighted by Crippen LogP contribution is -2.48. The molecule has 0 fully saturated rings. The Labute approximate surface area is 397 Å². The van der Waals surface area contributed by atoms with Gasteiger partial charge in [-0.05, 0) is 80.2 Å². The van der Waals surface area contributed by atoms with Crippen molar-refractivity contribution < 1.29 is 0 Å². The first-order valence-corrected chi connectivity index (χ1v) is 23.5. The Hall–Kier alpha value is -6.77. The molecule has 0 amide bonds. The third-order valence-electron chi connectivity index (χ3n) is 15.4. The van der Waals surface area contributed by atoms with E-state index in [-0.39, 0.29) is 0 Å². The zero-order valence-corrected chi connectivity index (χ0v) is 39.9. The number of benzene rings is 9. The topological polar surface area (TPSA) is 9.86 Å². The van der Waals surface area contributed by atoms with Gasteiger partial charge in [-0.15, -0.1) is 5.46 Å². The number of hydrogen-bond donors (Lipinski definition) is 0. The van der Waals surface area contributed by atoms with Crippen molar-refractivity contribution in [2.24, 2.45) is 0 Å². The van der Waals surface area contributed by atoms with Crippen LogP contribution in [-0.2, 0) is 0 Å². The molecule has 9 aromatic carbocycles. The molecule has 0 N–H and O–H groups in total. The van der Waals surface area contributed by atoms with Crippen molar-refractivity contribution in [3.05, 3.63) is 158 Å². The zero-order chi connectivity index (χ0) is 45.7. The van der Waals surface area contributed by atoms with Crippen LogP contribution >= 0.6 is 0 Å². The molecule has 0 aliphatic heterocycles. The second-order valence-corrected chi connectivity index (χ2v) is 18.7. The summed E-state index contributed by atoms with van der Waals surface area (Å²) in [5.41, 5.74) is 30.9. The Kier molecular flexibility index (Phi) is 10.1. The van der Waals surface area contributed by atoms with Gasteiger partial charge >= 0.3 is 0 Å².